The molecule has 0 bridgehead atoms. The monoisotopic (exact) mass is 257 g/mol. The molecule has 0 aliphatic rings. The number of hydrogen-bond acceptors (Lipinski definition) is 4. The van der Waals surface area contributed by atoms with E-state index in [0.717, 1.165) is 5.06 Å². The Kier molecular flexibility index (Phi) is 4.25. The molecule has 0 radical (unpaired) electrons. The Labute approximate surface area is 101 Å². The standard InChI is InChI=1S/C11H15NO4S/c1-12(16-2)11(13)10-6-4-9(5-7-10)8-17(3,14)15/h4-7H,8H2,1-3H3. The first-order chi connectivity index (χ1) is 7.83. The van der Waals surface area contributed by atoms with Gasteiger partial charge in [-0.3, -0.25) is 9.63 Å². The summed E-state index contributed by atoms with van der Waals surface area (Å²) in [7, 11) is -0.146. The quantitative estimate of drug-likeness (QED) is 0.751. The molecule has 0 atom stereocenters. The Morgan fingerprint density at radius 1 is 1.29 bits per heavy atom. The smallest absolute Gasteiger partial charge is 0.274 e. The summed E-state index contributed by atoms with van der Waals surface area (Å²) < 4.78 is 22.2. The molecule has 0 saturated carbocycles. The van der Waals surface area contributed by atoms with E-state index in [0.29, 0.717) is 11.1 Å². The van der Waals surface area contributed by atoms with Gasteiger partial charge in [0.25, 0.3) is 5.91 Å². The summed E-state index contributed by atoms with van der Waals surface area (Å²) in [5.74, 6) is -0.305. The molecule has 1 amide bonds. The fraction of sp³-hybridized carbons (Fsp3) is 0.364. The van der Waals surface area contributed by atoms with Gasteiger partial charge in [-0.15, -0.1) is 0 Å². The summed E-state index contributed by atoms with van der Waals surface area (Å²) in [6.07, 6.45) is 1.17. The number of rotatable bonds is 4. The molecule has 0 spiro atoms. The van der Waals surface area contributed by atoms with E-state index in [4.69, 9.17) is 4.84 Å². The van der Waals surface area contributed by atoms with Gasteiger partial charge in [0.05, 0.1) is 12.9 Å². The number of amides is 1. The summed E-state index contributed by atoms with van der Waals surface area (Å²) >= 11 is 0. The second kappa shape index (κ2) is 5.29. The van der Waals surface area contributed by atoms with Crippen LogP contribution in [0.25, 0.3) is 0 Å². The number of hydrogen-bond donors (Lipinski definition) is 0. The van der Waals surface area contributed by atoms with Crippen LogP contribution in [0.1, 0.15) is 15.9 Å². The third-order valence-corrected chi connectivity index (χ3v) is 3.05. The topological polar surface area (TPSA) is 63.7 Å². The molecule has 6 heteroatoms. The zero-order valence-corrected chi connectivity index (χ0v) is 10.8. The van der Waals surface area contributed by atoms with Crippen molar-refractivity contribution in [3.05, 3.63) is 35.4 Å². The molecule has 5 nitrogen and oxygen atoms in total. The van der Waals surface area contributed by atoms with E-state index in [1.165, 1.54) is 20.4 Å². The Morgan fingerprint density at radius 3 is 2.24 bits per heavy atom. The van der Waals surface area contributed by atoms with Gasteiger partial charge in [0, 0.05) is 18.9 Å². The van der Waals surface area contributed by atoms with Crippen LogP contribution in [-0.2, 0) is 20.4 Å². The lowest BCUT2D eigenvalue weighted by molar-refractivity contribution is -0.0756. The van der Waals surface area contributed by atoms with E-state index >= 15 is 0 Å². The molecule has 1 aromatic rings. The van der Waals surface area contributed by atoms with Crippen LogP contribution >= 0.6 is 0 Å². The van der Waals surface area contributed by atoms with Gasteiger partial charge in [0.1, 0.15) is 0 Å². The van der Waals surface area contributed by atoms with Crippen molar-refractivity contribution in [3.63, 3.8) is 0 Å². The third kappa shape index (κ3) is 4.16. The lowest BCUT2D eigenvalue weighted by Gasteiger charge is -2.13. The SMILES string of the molecule is CON(C)C(=O)c1ccc(CS(C)(=O)=O)cc1. The summed E-state index contributed by atoms with van der Waals surface area (Å²) in [4.78, 5) is 16.4. The Hall–Kier alpha value is -1.40. The van der Waals surface area contributed by atoms with Gasteiger partial charge >= 0.3 is 0 Å². The van der Waals surface area contributed by atoms with E-state index in [1.54, 1.807) is 24.3 Å². The molecule has 0 unspecified atom stereocenters. The zero-order valence-electron chi connectivity index (χ0n) is 10.0. The minimum absolute atomic E-state index is 0.0262. The van der Waals surface area contributed by atoms with Crippen molar-refractivity contribution in [1.82, 2.24) is 5.06 Å². The highest BCUT2D eigenvalue weighted by Crippen LogP contribution is 2.09. The molecular formula is C11H15NO4S. The van der Waals surface area contributed by atoms with Crippen molar-refractivity contribution >= 4 is 15.7 Å². The first-order valence-corrected chi connectivity index (χ1v) is 6.98. The van der Waals surface area contributed by atoms with Gasteiger partial charge in [0.15, 0.2) is 9.84 Å². The molecule has 0 aromatic heterocycles. The summed E-state index contributed by atoms with van der Waals surface area (Å²) in [6.45, 7) is 0. The van der Waals surface area contributed by atoms with Crippen molar-refractivity contribution in [1.29, 1.82) is 0 Å². The van der Waals surface area contributed by atoms with E-state index in [9.17, 15) is 13.2 Å². The van der Waals surface area contributed by atoms with Crippen molar-refractivity contribution in [2.45, 2.75) is 5.75 Å². The summed E-state index contributed by atoms with van der Waals surface area (Å²) in [6, 6.07) is 6.41. The Balaban J connectivity index is 2.85. The second-order valence-electron chi connectivity index (χ2n) is 3.75. The first-order valence-electron chi connectivity index (χ1n) is 4.92. The Bertz CT molecular complexity index is 493. The second-order valence-corrected chi connectivity index (χ2v) is 5.89. The van der Waals surface area contributed by atoms with Crippen LogP contribution in [0.2, 0.25) is 0 Å². The number of benzene rings is 1. The maximum atomic E-state index is 11.7. The van der Waals surface area contributed by atoms with Crippen LogP contribution in [0, 0.1) is 0 Å². The molecule has 17 heavy (non-hydrogen) atoms. The van der Waals surface area contributed by atoms with Gasteiger partial charge in [0.2, 0.25) is 0 Å². The highest BCUT2D eigenvalue weighted by Gasteiger charge is 2.11. The van der Waals surface area contributed by atoms with Crippen LogP contribution in [0.15, 0.2) is 24.3 Å². The van der Waals surface area contributed by atoms with E-state index in [2.05, 4.69) is 0 Å². The van der Waals surface area contributed by atoms with Crippen molar-refractivity contribution in [2.75, 3.05) is 20.4 Å². The normalized spacial score (nSPS) is 11.2. The van der Waals surface area contributed by atoms with Crippen molar-refractivity contribution in [2.24, 2.45) is 0 Å². The predicted octanol–water partition coefficient (Wildman–Crippen LogP) is 0.865. The van der Waals surface area contributed by atoms with Crippen molar-refractivity contribution < 1.29 is 18.0 Å². The molecule has 0 saturated heterocycles. The molecule has 0 heterocycles. The number of nitrogens with zero attached hydrogens (tertiary/aromatic N) is 1. The first kappa shape index (κ1) is 13.7. The van der Waals surface area contributed by atoms with Gasteiger partial charge in [-0.1, -0.05) is 12.1 Å². The van der Waals surface area contributed by atoms with Crippen LogP contribution in [0.3, 0.4) is 0 Å². The minimum Gasteiger partial charge on any atom is -0.274 e. The highest BCUT2D eigenvalue weighted by molar-refractivity contribution is 7.89. The Morgan fingerprint density at radius 2 is 1.82 bits per heavy atom. The molecule has 0 fully saturated rings. The average Bonchev–Trinajstić information content (AvgIpc) is 2.26. The van der Waals surface area contributed by atoms with Gasteiger partial charge in [-0.2, -0.15) is 0 Å². The number of carbonyl (C=O) groups is 1. The maximum absolute atomic E-state index is 11.7. The van der Waals surface area contributed by atoms with Crippen LogP contribution < -0.4 is 0 Å². The van der Waals surface area contributed by atoms with Crippen LogP contribution in [-0.4, -0.2) is 39.8 Å². The lowest BCUT2D eigenvalue weighted by atomic mass is 10.1. The predicted molar refractivity (Wildman–Crippen MR) is 64.1 cm³/mol. The number of sulfone groups is 1. The number of carbonyl (C=O) groups excluding carboxylic acids is 1. The van der Waals surface area contributed by atoms with Crippen LogP contribution in [0.4, 0.5) is 0 Å². The van der Waals surface area contributed by atoms with Gasteiger partial charge in [-0.25, -0.2) is 13.5 Å². The summed E-state index contributed by atoms with van der Waals surface area (Å²) in [5, 5.41) is 1.10. The van der Waals surface area contributed by atoms with E-state index in [1.807, 2.05) is 0 Å². The van der Waals surface area contributed by atoms with Crippen molar-refractivity contribution in [3.8, 4) is 0 Å². The highest BCUT2D eigenvalue weighted by atomic mass is 32.2. The van der Waals surface area contributed by atoms with Gasteiger partial charge < -0.3 is 0 Å². The minimum atomic E-state index is -3.05. The van der Waals surface area contributed by atoms with Crippen LogP contribution in [0.5, 0.6) is 0 Å². The average molecular weight is 257 g/mol. The molecular weight excluding hydrogens is 242 g/mol. The lowest BCUT2D eigenvalue weighted by Crippen LogP contribution is -2.25. The third-order valence-electron chi connectivity index (χ3n) is 2.19. The largest absolute Gasteiger partial charge is 0.277 e. The zero-order chi connectivity index (χ0) is 13.1. The fourth-order valence-electron chi connectivity index (χ4n) is 1.31. The maximum Gasteiger partial charge on any atom is 0.277 e. The molecule has 1 aromatic carbocycles. The fourth-order valence-corrected chi connectivity index (χ4v) is 2.11. The molecule has 94 valence electrons. The molecule has 0 aliphatic carbocycles. The van der Waals surface area contributed by atoms with E-state index in [-0.39, 0.29) is 11.7 Å². The van der Waals surface area contributed by atoms with Gasteiger partial charge in [-0.05, 0) is 17.7 Å². The molecule has 1 rings (SSSR count). The summed E-state index contributed by atoms with van der Waals surface area (Å²) in [5.41, 5.74) is 1.11. The number of hydroxylamine groups is 2. The van der Waals surface area contributed by atoms with E-state index < -0.39 is 9.84 Å². The molecule has 0 aliphatic heterocycles. The molecule has 0 N–H and O–H groups in total.